The number of benzene rings is 1. The van der Waals surface area contributed by atoms with Crippen molar-refractivity contribution in [2.75, 3.05) is 13.7 Å². The molecule has 0 bridgehead atoms. The standard InChI is InChI=1S/C17H23NO3S/c1-10(7-11(2)19)9-18-17(20)16-12(3)14-8-13(21-4)5-6-15(14)22-16/h5-6,8,10-11,19H,7,9H2,1-4H3,(H,18,20). The van der Waals surface area contributed by atoms with Gasteiger partial charge in [0.1, 0.15) is 5.75 Å². The van der Waals surface area contributed by atoms with Gasteiger partial charge in [-0.1, -0.05) is 6.92 Å². The molecule has 1 amide bonds. The van der Waals surface area contributed by atoms with Crippen LogP contribution in [0.1, 0.15) is 35.5 Å². The maximum absolute atomic E-state index is 12.4. The van der Waals surface area contributed by atoms with Gasteiger partial charge in [-0.15, -0.1) is 11.3 Å². The lowest BCUT2D eigenvalue weighted by molar-refractivity contribution is 0.0943. The Balaban J connectivity index is 2.13. The van der Waals surface area contributed by atoms with E-state index in [1.807, 2.05) is 32.0 Å². The van der Waals surface area contributed by atoms with Crippen molar-refractivity contribution < 1.29 is 14.6 Å². The number of aliphatic hydroxyl groups is 1. The van der Waals surface area contributed by atoms with Gasteiger partial charge in [0.15, 0.2) is 0 Å². The first kappa shape index (κ1) is 16.8. The zero-order valence-electron chi connectivity index (χ0n) is 13.5. The van der Waals surface area contributed by atoms with E-state index in [4.69, 9.17) is 4.74 Å². The molecule has 0 radical (unpaired) electrons. The summed E-state index contributed by atoms with van der Waals surface area (Å²) in [7, 11) is 1.64. The predicted octanol–water partition coefficient (Wildman–Crippen LogP) is 3.36. The van der Waals surface area contributed by atoms with E-state index >= 15 is 0 Å². The number of methoxy groups -OCH3 is 1. The van der Waals surface area contributed by atoms with Crippen molar-refractivity contribution in [3.05, 3.63) is 28.6 Å². The molecule has 22 heavy (non-hydrogen) atoms. The van der Waals surface area contributed by atoms with Crippen molar-refractivity contribution in [1.29, 1.82) is 0 Å². The summed E-state index contributed by atoms with van der Waals surface area (Å²) in [6.45, 7) is 6.32. The number of carbonyl (C=O) groups excluding carboxylic acids is 1. The molecule has 1 aromatic carbocycles. The van der Waals surface area contributed by atoms with Crippen molar-refractivity contribution in [2.45, 2.75) is 33.3 Å². The third-order valence-corrected chi connectivity index (χ3v) is 4.98. The van der Waals surface area contributed by atoms with Gasteiger partial charge in [-0.3, -0.25) is 4.79 Å². The lowest BCUT2D eigenvalue weighted by Gasteiger charge is -2.13. The van der Waals surface area contributed by atoms with Gasteiger partial charge in [0.05, 0.1) is 18.1 Å². The van der Waals surface area contributed by atoms with Crippen LogP contribution in [0.25, 0.3) is 10.1 Å². The Labute approximate surface area is 135 Å². The Morgan fingerprint density at radius 3 is 2.77 bits per heavy atom. The molecule has 1 heterocycles. The SMILES string of the molecule is COc1ccc2sc(C(=O)NCC(C)CC(C)O)c(C)c2c1. The molecule has 0 spiro atoms. The highest BCUT2D eigenvalue weighted by atomic mass is 32.1. The van der Waals surface area contributed by atoms with E-state index in [0.717, 1.165) is 26.3 Å². The highest BCUT2D eigenvalue weighted by Gasteiger charge is 2.16. The quantitative estimate of drug-likeness (QED) is 0.858. The van der Waals surface area contributed by atoms with E-state index < -0.39 is 0 Å². The molecule has 0 saturated heterocycles. The molecular weight excluding hydrogens is 298 g/mol. The van der Waals surface area contributed by atoms with Crippen molar-refractivity contribution in [2.24, 2.45) is 5.92 Å². The van der Waals surface area contributed by atoms with E-state index in [0.29, 0.717) is 13.0 Å². The minimum atomic E-state index is -0.342. The zero-order chi connectivity index (χ0) is 16.3. The highest BCUT2D eigenvalue weighted by molar-refractivity contribution is 7.21. The minimum absolute atomic E-state index is 0.0462. The molecule has 5 heteroatoms. The summed E-state index contributed by atoms with van der Waals surface area (Å²) in [5.74, 6) is 1.000. The summed E-state index contributed by atoms with van der Waals surface area (Å²) in [6.07, 6.45) is 0.341. The Kier molecular flexibility index (Phi) is 5.42. The molecule has 1 aromatic heterocycles. The van der Waals surface area contributed by atoms with E-state index in [2.05, 4.69) is 5.32 Å². The molecule has 0 aliphatic heterocycles. The Morgan fingerprint density at radius 2 is 2.14 bits per heavy atom. The second-order valence-corrected chi connectivity index (χ2v) is 6.87. The third kappa shape index (κ3) is 3.78. The monoisotopic (exact) mass is 321 g/mol. The molecule has 0 aliphatic carbocycles. The van der Waals surface area contributed by atoms with Crippen molar-refractivity contribution >= 4 is 27.3 Å². The van der Waals surface area contributed by atoms with Gasteiger partial charge in [0, 0.05) is 11.2 Å². The molecule has 2 unspecified atom stereocenters. The fourth-order valence-electron chi connectivity index (χ4n) is 2.56. The van der Waals surface area contributed by atoms with Crippen molar-refractivity contribution in [3.8, 4) is 5.75 Å². The van der Waals surface area contributed by atoms with Crippen LogP contribution in [-0.2, 0) is 0 Å². The van der Waals surface area contributed by atoms with Crippen LogP contribution in [0.4, 0.5) is 0 Å². The fraction of sp³-hybridized carbons (Fsp3) is 0.471. The average Bonchev–Trinajstić information content (AvgIpc) is 2.81. The fourth-order valence-corrected chi connectivity index (χ4v) is 3.66. The minimum Gasteiger partial charge on any atom is -0.497 e. The molecule has 2 rings (SSSR count). The molecule has 2 aromatic rings. The van der Waals surface area contributed by atoms with Gasteiger partial charge in [0.2, 0.25) is 0 Å². The number of hydrogen-bond acceptors (Lipinski definition) is 4. The summed E-state index contributed by atoms with van der Waals surface area (Å²) in [4.78, 5) is 13.1. The number of aryl methyl sites for hydroxylation is 1. The van der Waals surface area contributed by atoms with Gasteiger partial charge in [0.25, 0.3) is 5.91 Å². The zero-order valence-corrected chi connectivity index (χ0v) is 14.3. The normalized spacial score (nSPS) is 13.9. The number of thiophene rings is 1. The van der Waals surface area contributed by atoms with Crippen LogP contribution in [-0.4, -0.2) is 30.8 Å². The molecule has 0 aliphatic rings. The number of rotatable bonds is 6. The number of hydrogen-bond donors (Lipinski definition) is 2. The summed E-state index contributed by atoms with van der Waals surface area (Å²) in [5.41, 5.74) is 0.986. The van der Waals surface area contributed by atoms with E-state index in [9.17, 15) is 9.90 Å². The Hall–Kier alpha value is -1.59. The third-order valence-electron chi connectivity index (χ3n) is 3.70. The second kappa shape index (κ2) is 7.11. The highest BCUT2D eigenvalue weighted by Crippen LogP contribution is 2.33. The largest absolute Gasteiger partial charge is 0.497 e. The van der Waals surface area contributed by atoms with Crippen LogP contribution in [0.15, 0.2) is 18.2 Å². The van der Waals surface area contributed by atoms with Gasteiger partial charge in [-0.2, -0.15) is 0 Å². The first-order valence-electron chi connectivity index (χ1n) is 7.45. The number of aliphatic hydroxyl groups excluding tert-OH is 1. The summed E-state index contributed by atoms with van der Waals surface area (Å²) < 4.78 is 6.33. The van der Waals surface area contributed by atoms with Gasteiger partial charge in [-0.25, -0.2) is 0 Å². The summed E-state index contributed by atoms with van der Waals surface area (Å²) >= 11 is 1.50. The molecule has 0 saturated carbocycles. The van der Waals surface area contributed by atoms with Crippen LogP contribution >= 0.6 is 11.3 Å². The van der Waals surface area contributed by atoms with Gasteiger partial charge < -0.3 is 15.2 Å². The number of amides is 1. The molecule has 4 nitrogen and oxygen atoms in total. The van der Waals surface area contributed by atoms with Crippen LogP contribution < -0.4 is 10.1 Å². The number of fused-ring (bicyclic) bond motifs is 1. The first-order valence-corrected chi connectivity index (χ1v) is 8.27. The van der Waals surface area contributed by atoms with E-state index in [-0.39, 0.29) is 17.9 Å². The maximum Gasteiger partial charge on any atom is 0.261 e. The van der Waals surface area contributed by atoms with E-state index in [1.165, 1.54) is 11.3 Å². The van der Waals surface area contributed by atoms with Crippen LogP contribution in [0.3, 0.4) is 0 Å². The van der Waals surface area contributed by atoms with Gasteiger partial charge >= 0.3 is 0 Å². The molecule has 0 fully saturated rings. The number of nitrogens with one attached hydrogen (secondary N) is 1. The topological polar surface area (TPSA) is 58.6 Å². The van der Waals surface area contributed by atoms with Crippen molar-refractivity contribution in [3.63, 3.8) is 0 Å². The second-order valence-electron chi connectivity index (χ2n) is 5.82. The van der Waals surface area contributed by atoms with Crippen LogP contribution in [0, 0.1) is 12.8 Å². The number of carbonyl (C=O) groups is 1. The van der Waals surface area contributed by atoms with Gasteiger partial charge in [-0.05, 0) is 55.3 Å². The smallest absolute Gasteiger partial charge is 0.261 e. The lowest BCUT2D eigenvalue weighted by atomic mass is 10.0. The van der Waals surface area contributed by atoms with Crippen LogP contribution in [0.2, 0.25) is 0 Å². The number of ether oxygens (including phenoxy) is 1. The lowest BCUT2D eigenvalue weighted by Crippen LogP contribution is -2.29. The predicted molar refractivity (Wildman–Crippen MR) is 90.9 cm³/mol. The molecule has 2 N–H and O–H groups in total. The maximum atomic E-state index is 12.4. The first-order chi connectivity index (χ1) is 10.4. The molecule has 2 atom stereocenters. The summed E-state index contributed by atoms with van der Waals surface area (Å²) in [5, 5.41) is 13.4. The van der Waals surface area contributed by atoms with E-state index in [1.54, 1.807) is 14.0 Å². The van der Waals surface area contributed by atoms with Crippen LogP contribution in [0.5, 0.6) is 5.75 Å². The molecular formula is C17H23NO3S. The Bertz CT molecular complexity index is 663. The Morgan fingerprint density at radius 1 is 1.41 bits per heavy atom. The van der Waals surface area contributed by atoms with Crippen molar-refractivity contribution in [1.82, 2.24) is 5.32 Å². The summed E-state index contributed by atoms with van der Waals surface area (Å²) in [6, 6.07) is 5.86. The average molecular weight is 321 g/mol. The molecule has 120 valence electrons.